The second-order valence-electron chi connectivity index (χ2n) is 10.7. The van der Waals surface area contributed by atoms with E-state index in [-0.39, 0.29) is 23.1 Å². The van der Waals surface area contributed by atoms with Crippen molar-refractivity contribution in [3.05, 3.63) is 53.1 Å². The van der Waals surface area contributed by atoms with E-state index in [0.29, 0.717) is 36.8 Å². The van der Waals surface area contributed by atoms with E-state index in [9.17, 15) is 18.0 Å². The molecule has 2 N–H and O–H groups in total. The summed E-state index contributed by atoms with van der Waals surface area (Å²) in [4.78, 5) is 26.6. The van der Waals surface area contributed by atoms with Gasteiger partial charge in [-0.3, -0.25) is 14.3 Å². The highest BCUT2D eigenvalue weighted by molar-refractivity contribution is 7.91. The van der Waals surface area contributed by atoms with Crippen LogP contribution in [0.25, 0.3) is 5.57 Å². The predicted octanol–water partition coefficient (Wildman–Crippen LogP) is 3.41. The van der Waals surface area contributed by atoms with Gasteiger partial charge in [0.1, 0.15) is 17.1 Å². The maximum Gasteiger partial charge on any atom is 0.270 e. The number of carbonyl (C=O) groups excluding carboxylic acids is 2. The Morgan fingerprint density at radius 1 is 1.26 bits per heavy atom. The van der Waals surface area contributed by atoms with Gasteiger partial charge in [0.25, 0.3) is 11.8 Å². The number of nitrogens with one attached hydrogen (secondary N) is 2. The Labute approximate surface area is 221 Å². The van der Waals surface area contributed by atoms with Crippen molar-refractivity contribution in [3.8, 4) is 5.75 Å². The van der Waals surface area contributed by atoms with Crippen LogP contribution in [0, 0.1) is 11.7 Å². The van der Waals surface area contributed by atoms with E-state index in [4.69, 9.17) is 4.74 Å². The van der Waals surface area contributed by atoms with Crippen molar-refractivity contribution in [2.75, 3.05) is 6.61 Å². The summed E-state index contributed by atoms with van der Waals surface area (Å²) < 4.78 is 49.8. The molecule has 2 amide bonds. The van der Waals surface area contributed by atoms with E-state index in [1.165, 1.54) is 6.07 Å². The third-order valence-corrected chi connectivity index (χ3v) is 9.09. The van der Waals surface area contributed by atoms with Gasteiger partial charge >= 0.3 is 0 Å². The quantitative estimate of drug-likeness (QED) is 0.331. The number of sulfonamides is 1. The lowest BCUT2D eigenvalue weighted by molar-refractivity contribution is -0.124. The smallest absolute Gasteiger partial charge is 0.270 e. The van der Waals surface area contributed by atoms with E-state index < -0.39 is 38.4 Å². The van der Waals surface area contributed by atoms with Crippen molar-refractivity contribution in [2.45, 2.75) is 76.1 Å². The largest absolute Gasteiger partial charge is 0.493 e. The third-order valence-electron chi connectivity index (χ3n) is 7.27. The lowest BCUT2D eigenvalue weighted by Gasteiger charge is -2.37. The first kappa shape index (κ1) is 26.4. The number of ether oxygens (including phenoxy) is 1. The molecule has 9 nitrogen and oxygen atoms in total. The van der Waals surface area contributed by atoms with Crippen molar-refractivity contribution < 1.29 is 27.1 Å². The summed E-state index contributed by atoms with van der Waals surface area (Å²) in [5, 5.41) is 6.73. The molecule has 1 unspecified atom stereocenters. The molecule has 11 heteroatoms. The third kappa shape index (κ3) is 5.62. The Kier molecular flexibility index (Phi) is 7.06. The van der Waals surface area contributed by atoms with Crippen LogP contribution in [-0.2, 0) is 31.7 Å². The van der Waals surface area contributed by atoms with Gasteiger partial charge in [-0.05, 0) is 57.1 Å². The molecule has 1 atom stereocenters. The molecule has 0 bridgehead atoms. The molecule has 2 fully saturated rings. The Morgan fingerprint density at radius 2 is 2.03 bits per heavy atom. The van der Waals surface area contributed by atoms with Crippen LogP contribution in [0.15, 0.2) is 36.0 Å². The van der Waals surface area contributed by atoms with Crippen LogP contribution in [0.2, 0.25) is 0 Å². The highest BCUT2D eigenvalue weighted by Gasteiger charge is 2.44. The number of hydrogen-bond donors (Lipinski definition) is 2. The molecule has 2 heterocycles. The lowest BCUT2D eigenvalue weighted by Crippen LogP contribution is -2.51. The Balaban J connectivity index is 1.49. The van der Waals surface area contributed by atoms with E-state index in [2.05, 4.69) is 15.1 Å². The molecule has 1 aromatic heterocycles. The number of halogens is 1. The highest BCUT2D eigenvalue weighted by Crippen LogP contribution is 2.40. The first-order valence-corrected chi connectivity index (χ1v) is 14.7. The van der Waals surface area contributed by atoms with E-state index >= 15 is 4.39 Å². The number of benzene rings is 1. The summed E-state index contributed by atoms with van der Waals surface area (Å²) in [6.45, 7) is 4.91. The van der Waals surface area contributed by atoms with Gasteiger partial charge in [0.05, 0.1) is 23.1 Å². The summed E-state index contributed by atoms with van der Waals surface area (Å²) in [6, 6.07) is 6.23. The van der Waals surface area contributed by atoms with Crippen LogP contribution in [0.4, 0.5) is 4.39 Å². The van der Waals surface area contributed by atoms with Gasteiger partial charge in [-0.15, -0.1) is 0 Å². The zero-order valence-electron chi connectivity index (χ0n) is 21.6. The number of rotatable bonds is 11. The summed E-state index contributed by atoms with van der Waals surface area (Å²) in [5.41, 5.74) is -0.632. The number of amides is 2. The fourth-order valence-electron chi connectivity index (χ4n) is 4.76. The summed E-state index contributed by atoms with van der Waals surface area (Å²) in [5.74, 6) is -1.38. The SMILES string of the molecule is CCCCOc1ccc(C2(C)CC(c3ccn(CC4CC4)n3)=C(C(=O)NS(=O)(=O)C3CC3)C(=O)N2)c(F)c1. The summed E-state index contributed by atoms with van der Waals surface area (Å²) in [7, 11) is -3.88. The van der Waals surface area contributed by atoms with Crippen LogP contribution in [0.5, 0.6) is 5.75 Å². The molecular formula is C27H33FN4O5S. The van der Waals surface area contributed by atoms with Crippen LogP contribution >= 0.6 is 0 Å². The Morgan fingerprint density at radius 3 is 2.68 bits per heavy atom. The molecule has 2 saturated carbocycles. The number of aromatic nitrogens is 2. The fraction of sp³-hybridized carbons (Fsp3) is 0.519. The summed E-state index contributed by atoms with van der Waals surface area (Å²) >= 11 is 0. The molecule has 3 aliphatic rings. The number of nitrogens with zero attached hydrogens (tertiary/aromatic N) is 2. The predicted molar refractivity (Wildman–Crippen MR) is 139 cm³/mol. The summed E-state index contributed by atoms with van der Waals surface area (Å²) in [6.07, 6.45) is 6.82. The van der Waals surface area contributed by atoms with E-state index in [1.54, 1.807) is 36.0 Å². The van der Waals surface area contributed by atoms with Crippen molar-refractivity contribution in [3.63, 3.8) is 0 Å². The van der Waals surface area contributed by atoms with Gasteiger partial charge in [-0.1, -0.05) is 19.4 Å². The first-order valence-electron chi connectivity index (χ1n) is 13.2. The van der Waals surface area contributed by atoms with Crippen molar-refractivity contribution in [1.82, 2.24) is 19.8 Å². The number of carbonyl (C=O) groups is 2. The molecular weight excluding hydrogens is 511 g/mol. The van der Waals surface area contributed by atoms with E-state index in [1.807, 2.05) is 6.92 Å². The van der Waals surface area contributed by atoms with E-state index in [0.717, 1.165) is 32.2 Å². The minimum atomic E-state index is -3.88. The van der Waals surface area contributed by atoms with Crippen LogP contribution in [-0.4, -0.2) is 41.9 Å². The molecule has 0 radical (unpaired) electrons. The van der Waals surface area contributed by atoms with Crippen molar-refractivity contribution in [2.24, 2.45) is 5.92 Å². The number of unbranched alkanes of at least 4 members (excludes halogenated alkanes) is 1. The Bertz CT molecular complexity index is 1390. The minimum absolute atomic E-state index is 0.0400. The highest BCUT2D eigenvalue weighted by atomic mass is 32.2. The average molecular weight is 545 g/mol. The monoisotopic (exact) mass is 544 g/mol. The van der Waals surface area contributed by atoms with Gasteiger partial charge in [0.15, 0.2) is 0 Å². The van der Waals surface area contributed by atoms with Crippen molar-refractivity contribution in [1.29, 1.82) is 0 Å². The second-order valence-corrected chi connectivity index (χ2v) is 12.7. The van der Waals surface area contributed by atoms with Gasteiger partial charge in [0.2, 0.25) is 10.0 Å². The first-order chi connectivity index (χ1) is 18.1. The Hall–Kier alpha value is -3.21. The average Bonchev–Trinajstić information content (AvgIpc) is 3.77. The molecule has 1 aromatic carbocycles. The van der Waals surface area contributed by atoms with Crippen LogP contribution in [0.1, 0.15) is 70.1 Å². The van der Waals surface area contributed by atoms with Gasteiger partial charge in [-0.25, -0.2) is 17.5 Å². The minimum Gasteiger partial charge on any atom is -0.493 e. The lowest BCUT2D eigenvalue weighted by atomic mass is 9.79. The van der Waals surface area contributed by atoms with Crippen LogP contribution < -0.4 is 14.8 Å². The van der Waals surface area contributed by atoms with Crippen molar-refractivity contribution >= 4 is 27.4 Å². The van der Waals surface area contributed by atoms with Crippen LogP contribution in [0.3, 0.4) is 0 Å². The zero-order chi connectivity index (χ0) is 27.1. The zero-order valence-corrected chi connectivity index (χ0v) is 22.4. The maximum atomic E-state index is 15.3. The fourth-order valence-corrected chi connectivity index (χ4v) is 6.04. The normalized spacial score (nSPS) is 21.8. The molecule has 0 saturated heterocycles. The molecule has 38 heavy (non-hydrogen) atoms. The van der Waals surface area contributed by atoms with Gasteiger partial charge < -0.3 is 10.1 Å². The number of hydrogen-bond acceptors (Lipinski definition) is 6. The molecule has 0 spiro atoms. The maximum absolute atomic E-state index is 15.3. The molecule has 2 aliphatic carbocycles. The van der Waals surface area contributed by atoms with Gasteiger partial charge in [0, 0.05) is 36.4 Å². The standard InChI is InChI=1S/C27H33FN4O5S/c1-3-4-13-37-18-7-10-21(22(28)14-18)27(2)15-20(23-11-12-32(30-23)16-17-5-6-17)24(25(33)29-27)26(34)31-38(35,36)19-8-9-19/h7,10-12,14,17,19H,3-6,8-9,13,15-16H2,1-2H3,(H,29,33)(H,31,34). The molecule has 204 valence electrons. The molecule has 5 rings (SSSR count). The molecule has 2 aromatic rings. The molecule has 1 aliphatic heterocycles. The topological polar surface area (TPSA) is 119 Å². The van der Waals surface area contributed by atoms with Gasteiger partial charge in [-0.2, -0.15) is 5.10 Å². The second kappa shape index (κ2) is 10.2.